The Labute approximate surface area is 189 Å². The molecule has 0 saturated heterocycles. The Kier molecular flexibility index (Phi) is 7.37. The minimum Gasteiger partial charge on any atom is -0.493 e. The summed E-state index contributed by atoms with van der Waals surface area (Å²) in [7, 11) is 1.98. The van der Waals surface area contributed by atoms with Crippen molar-refractivity contribution in [2.24, 2.45) is 12.0 Å². The van der Waals surface area contributed by atoms with E-state index in [-0.39, 0.29) is 30.0 Å². The molecule has 1 aliphatic heterocycles. The number of benzene rings is 1. The fourth-order valence-electron chi connectivity index (χ4n) is 4.05. The number of hydrogen-bond donors (Lipinski definition) is 2. The third kappa shape index (κ3) is 5.02. The fourth-order valence-corrected chi connectivity index (χ4v) is 4.05. The van der Waals surface area contributed by atoms with E-state index in [4.69, 9.17) is 9.73 Å². The fraction of sp³-hybridized carbons (Fsp3) is 0.571. The van der Waals surface area contributed by atoms with Crippen molar-refractivity contribution in [2.45, 2.75) is 64.1 Å². The summed E-state index contributed by atoms with van der Waals surface area (Å²) in [6.07, 6.45) is 4.97. The maximum atomic E-state index is 5.87. The molecule has 2 heterocycles. The quantitative estimate of drug-likeness (QED) is 0.367. The van der Waals surface area contributed by atoms with Crippen molar-refractivity contribution in [3.05, 3.63) is 41.5 Å². The zero-order valence-electron chi connectivity index (χ0n) is 17.4. The SMILES string of the molecule is Cc1nnc(CN=C(NC2CCCC2)NC(C)C2COc3ccccc32)n1C.I. The predicted octanol–water partition coefficient (Wildman–Crippen LogP) is 3.28. The highest BCUT2D eigenvalue weighted by Gasteiger charge is 2.29. The van der Waals surface area contributed by atoms with Crippen LogP contribution in [0.1, 0.15) is 55.7 Å². The minimum atomic E-state index is 0. The number of aliphatic imine (C=N–C) groups is 1. The van der Waals surface area contributed by atoms with Crippen molar-refractivity contribution in [3.8, 4) is 5.75 Å². The number of para-hydroxylation sites is 1. The number of fused-ring (bicyclic) bond motifs is 1. The Hall–Kier alpha value is -1.84. The predicted molar refractivity (Wildman–Crippen MR) is 125 cm³/mol. The first kappa shape index (κ1) is 21.9. The summed E-state index contributed by atoms with van der Waals surface area (Å²) in [6.45, 7) is 5.36. The van der Waals surface area contributed by atoms with Crippen LogP contribution in [0.2, 0.25) is 0 Å². The molecule has 1 fully saturated rings. The number of ether oxygens (including phenoxy) is 1. The number of nitrogens with one attached hydrogen (secondary N) is 2. The molecule has 2 aromatic rings. The van der Waals surface area contributed by atoms with Gasteiger partial charge in [-0.15, -0.1) is 34.2 Å². The number of rotatable bonds is 5. The molecule has 4 rings (SSSR count). The van der Waals surface area contributed by atoms with Crippen LogP contribution in [0.5, 0.6) is 5.75 Å². The van der Waals surface area contributed by atoms with Crippen LogP contribution < -0.4 is 15.4 Å². The number of nitrogens with zero attached hydrogens (tertiary/aromatic N) is 4. The van der Waals surface area contributed by atoms with Gasteiger partial charge in [0.2, 0.25) is 0 Å². The number of guanidine groups is 1. The molecule has 8 heteroatoms. The van der Waals surface area contributed by atoms with Gasteiger partial charge in [-0.2, -0.15) is 0 Å². The molecule has 1 aromatic carbocycles. The van der Waals surface area contributed by atoms with Gasteiger partial charge < -0.3 is 19.9 Å². The molecule has 0 amide bonds. The molecule has 1 aliphatic carbocycles. The Bertz CT molecular complexity index is 845. The Morgan fingerprint density at radius 3 is 2.76 bits per heavy atom. The third-order valence-corrected chi connectivity index (χ3v) is 5.96. The van der Waals surface area contributed by atoms with E-state index < -0.39 is 0 Å². The van der Waals surface area contributed by atoms with Gasteiger partial charge in [0.25, 0.3) is 0 Å². The van der Waals surface area contributed by atoms with E-state index in [2.05, 4.69) is 39.9 Å². The van der Waals surface area contributed by atoms with Gasteiger partial charge >= 0.3 is 0 Å². The zero-order valence-corrected chi connectivity index (χ0v) is 19.7. The first-order valence-corrected chi connectivity index (χ1v) is 10.3. The lowest BCUT2D eigenvalue weighted by molar-refractivity contribution is 0.312. The topological polar surface area (TPSA) is 76.4 Å². The van der Waals surface area contributed by atoms with E-state index in [9.17, 15) is 0 Å². The summed E-state index contributed by atoms with van der Waals surface area (Å²) in [5, 5.41) is 15.6. The van der Waals surface area contributed by atoms with Gasteiger partial charge in [-0.05, 0) is 32.8 Å². The van der Waals surface area contributed by atoms with Crippen LogP contribution in [0.25, 0.3) is 0 Å². The highest BCUT2D eigenvalue weighted by molar-refractivity contribution is 14.0. The molecule has 2 unspecified atom stereocenters. The van der Waals surface area contributed by atoms with E-state index in [0.717, 1.165) is 23.4 Å². The maximum absolute atomic E-state index is 5.87. The van der Waals surface area contributed by atoms with Crippen molar-refractivity contribution in [1.29, 1.82) is 0 Å². The van der Waals surface area contributed by atoms with Crippen LogP contribution in [-0.2, 0) is 13.6 Å². The summed E-state index contributed by atoms with van der Waals surface area (Å²) in [6, 6.07) is 9.01. The Morgan fingerprint density at radius 2 is 2.03 bits per heavy atom. The summed E-state index contributed by atoms with van der Waals surface area (Å²) in [5.41, 5.74) is 1.27. The average molecular weight is 510 g/mol. The number of aromatic nitrogens is 3. The molecule has 7 nitrogen and oxygen atoms in total. The van der Waals surface area contributed by atoms with Crippen LogP contribution in [-0.4, -0.2) is 39.4 Å². The molecule has 1 aromatic heterocycles. The van der Waals surface area contributed by atoms with Crippen molar-refractivity contribution in [2.75, 3.05) is 6.61 Å². The van der Waals surface area contributed by atoms with Crippen molar-refractivity contribution in [1.82, 2.24) is 25.4 Å². The molecule has 2 atom stereocenters. The lowest BCUT2D eigenvalue weighted by atomic mass is 9.94. The Balaban J connectivity index is 0.00000240. The second-order valence-corrected chi connectivity index (χ2v) is 7.90. The maximum Gasteiger partial charge on any atom is 0.192 e. The smallest absolute Gasteiger partial charge is 0.192 e. The summed E-state index contributed by atoms with van der Waals surface area (Å²) in [4.78, 5) is 4.83. The summed E-state index contributed by atoms with van der Waals surface area (Å²) in [5.74, 6) is 3.93. The first-order chi connectivity index (χ1) is 13.6. The average Bonchev–Trinajstić information content (AvgIpc) is 3.42. The van der Waals surface area contributed by atoms with Crippen LogP contribution in [0.3, 0.4) is 0 Å². The molecule has 158 valence electrons. The molecule has 0 bridgehead atoms. The van der Waals surface area contributed by atoms with Gasteiger partial charge in [0.15, 0.2) is 11.8 Å². The number of halogens is 1. The largest absolute Gasteiger partial charge is 0.493 e. The van der Waals surface area contributed by atoms with E-state index in [1.807, 2.05) is 30.7 Å². The van der Waals surface area contributed by atoms with Gasteiger partial charge in [-0.25, -0.2) is 4.99 Å². The normalized spacial score (nSPS) is 20.0. The van der Waals surface area contributed by atoms with Gasteiger partial charge in [0.1, 0.15) is 18.1 Å². The van der Waals surface area contributed by atoms with Gasteiger partial charge in [-0.3, -0.25) is 0 Å². The lowest BCUT2D eigenvalue weighted by Crippen LogP contribution is -2.48. The summed E-state index contributed by atoms with van der Waals surface area (Å²) < 4.78 is 7.86. The standard InChI is InChI=1S/C21H30N6O.HI/c1-14(18-13-28-19-11-7-6-10-17(18)19)23-21(24-16-8-4-5-9-16)22-12-20-26-25-15(2)27(20)3;/h6-7,10-11,14,16,18H,4-5,8-9,12-13H2,1-3H3,(H2,22,23,24);1H. The lowest BCUT2D eigenvalue weighted by Gasteiger charge is -2.24. The molecular weight excluding hydrogens is 479 g/mol. The first-order valence-electron chi connectivity index (χ1n) is 10.3. The summed E-state index contributed by atoms with van der Waals surface area (Å²) >= 11 is 0. The van der Waals surface area contributed by atoms with Gasteiger partial charge in [0, 0.05) is 30.6 Å². The molecule has 1 saturated carbocycles. The van der Waals surface area contributed by atoms with Crippen LogP contribution in [0.15, 0.2) is 29.3 Å². The monoisotopic (exact) mass is 510 g/mol. The van der Waals surface area contributed by atoms with Crippen molar-refractivity contribution in [3.63, 3.8) is 0 Å². The molecule has 29 heavy (non-hydrogen) atoms. The minimum absolute atomic E-state index is 0. The van der Waals surface area contributed by atoms with E-state index in [1.165, 1.54) is 31.2 Å². The zero-order chi connectivity index (χ0) is 19.5. The number of hydrogen-bond acceptors (Lipinski definition) is 4. The molecular formula is C21H31IN6O. The molecule has 2 N–H and O–H groups in total. The molecule has 0 spiro atoms. The highest BCUT2D eigenvalue weighted by Crippen LogP contribution is 2.35. The van der Waals surface area contributed by atoms with Crippen LogP contribution in [0.4, 0.5) is 0 Å². The van der Waals surface area contributed by atoms with Crippen molar-refractivity contribution < 1.29 is 4.74 Å². The Morgan fingerprint density at radius 1 is 1.28 bits per heavy atom. The van der Waals surface area contributed by atoms with Crippen LogP contribution >= 0.6 is 24.0 Å². The van der Waals surface area contributed by atoms with E-state index in [1.54, 1.807) is 0 Å². The molecule has 0 radical (unpaired) electrons. The number of aryl methyl sites for hydroxylation is 1. The van der Waals surface area contributed by atoms with Crippen molar-refractivity contribution >= 4 is 29.9 Å². The second-order valence-electron chi connectivity index (χ2n) is 7.90. The van der Waals surface area contributed by atoms with Crippen LogP contribution in [0, 0.1) is 6.92 Å². The molecule has 2 aliphatic rings. The second kappa shape index (κ2) is 9.77. The third-order valence-electron chi connectivity index (χ3n) is 5.96. The van der Waals surface area contributed by atoms with E-state index >= 15 is 0 Å². The van der Waals surface area contributed by atoms with E-state index in [0.29, 0.717) is 25.1 Å². The van der Waals surface area contributed by atoms with Gasteiger partial charge in [0.05, 0.1) is 6.61 Å². The highest BCUT2D eigenvalue weighted by atomic mass is 127. The van der Waals surface area contributed by atoms with Gasteiger partial charge in [-0.1, -0.05) is 31.0 Å².